The first-order valence-electron chi connectivity index (χ1n) is 5.43. The van der Waals surface area contributed by atoms with E-state index >= 15 is 0 Å². The van der Waals surface area contributed by atoms with E-state index in [1.807, 2.05) is 42.5 Å². The summed E-state index contributed by atoms with van der Waals surface area (Å²) in [6, 6.07) is 20.4. The van der Waals surface area contributed by atoms with Gasteiger partial charge in [-0.3, -0.25) is 0 Å². The third-order valence-corrected chi connectivity index (χ3v) is 3.36. The SMILES string of the molecule is [Se]=c1oc(-c2ccccc2)cc2ccccc12. The number of benzene rings is 2. The molecule has 0 amide bonds. The molecule has 0 atom stereocenters. The second-order valence-corrected chi connectivity index (χ2v) is 4.63. The van der Waals surface area contributed by atoms with Crippen LogP contribution in [0.1, 0.15) is 0 Å². The summed E-state index contributed by atoms with van der Waals surface area (Å²) >= 11 is 2.99. The molecule has 0 aliphatic carbocycles. The van der Waals surface area contributed by atoms with Crippen LogP contribution < -0.4 is 0 Å². The number of fused-ring (bicyclic) bond motifs is 1. The molecular weight excluding hydrogens is 275 g/mol. The van der Waals surface area contributed by atoms with Crippen molar-refractivity contribution in [2.45, 2.75) is 0 Å². The summed E-state index contributed by atoms with van der Waals surface area (Å²) in [4.78, 5) is 0. The molecule has 0 aliphatic heterocycles. The van der Waals surface area contributed by atoms with Crippen LogP contribution in [0.5, 0.6) is 0 Å². The van der Waals surface area contributed by atoms with Crippen molar-refractivity contribution in [2.75, 3.05) is 0 Å². The summed E-state index contributed by atoms with van der Waals surface area (Å²) < 4.78 is 6.66. The van der Waals surface area contributed by atoms with Gasteiger partial charge in [-0.2, -0.15) is 0 Å². The maximum absolute atomic E-state index is 5.82. The monoisotopic (exact) mass is 286 g/mol. The third kappa shape index (κ3) is 1.97. The van der Waals surface area contributed by atoms with Crippen molar-refractivity contribution in [3.63, 3.8) is 0 Å². The molecule has 0 bridgehead atoms. The van der Waals surface area contributed by atoms with Gasteiger partial charge in [-0.15, -0.1) is 0 Å². The van der Waals surface area contributed by atoms with E-state index in [-0.39, 0.29) is 0 Å². The van der Waals surface area contributed by atoms with E-state index in [1.54, 1.807) is 0 Å². The first-order chi connectivity index (χ1) is 8.34. The second kappa shape index (κ2) is 4.32. The van der Waals surface area contributed by atoms with Crippen LogP contribution in [-0.4, -0.2) is 15.6 Å². The molecule has 0 aliphatic rings. The topological polar surface area (TPSA) is 13.1 Å². The maximum atomic E-state index is 5.82. The fourth-order valence-electron chi connectivity index (χ4n) is 1.88. The van der Waals surface area contributed by atoms with Gasteiger partial charge in [0.1, 0.15) is 0 Å². The molecule has 2 heteroatoms. The minimum atomic E-state index is 0.835. The molecule has 1 aromatic heterocycles. The summed E-state index contributed by atoms with van der Waals surface area (Å²) in [5.41, 5.74) is 1.09. The van der Waals surface area contributed by atoms with Crippen molar-refractivity contribution in [3.8, 4) is 11.3 Å². The molecule has 17 heavy (non-hydrogen) atoms. The Morgan fingerprint density at radius 3 is 2.35 bits per heavy atom. The van der Waals surface area contributed by atoms with Gasteiger partial charge < -0.3 is 0 Å². The molecule has 0 saturated carbocycles. The van der Waals surface area contributed by atoms with Crippen LogP contribution in [0.3, 0.4) is 0 Å². The standard InChI is InChI=1S/C15H10OSe/c17-15-13-9-5-4-8-12(13)10-14(16-15)11-6-2-1-3-7-11/h1-10H. The molecule has 0 radical (unpaired) electrons. The van der Waals surface area contributed by atoms with Gasteiger partial charge in [-0.1, -0.05) is 0 Å². The Hall–Kier alpha value is -1.63. The number of hydrogen-bond acceptors (Lipinski definition) is 1. The number of hydrogen-bond donors (Lipinski definition) is 0. The van der Waals surface area contributed by atoms with Crippen LogP contribution in [0.2, 0.25) is 0 Å². The fraction of sp³-hybridized carbons (Fsp3) is 0. The quantitative estimate of drug-likeness (QED) is 0.620. The molecule has 0 saturated heterocycles. The Balaban J connectivity index is 2.30. The van der Waals surface area contributed by atoms with E-state index < -0.39 is 0 Å². The first-order valence-corrected chi connectivity index (χ1v) is 6.28. The summed E-state index contributed by atoms with van der Waals surface area (Å²) in [5, 5.41) is 2.30. The Bertz CT molecular complexity index is 714. The molecule has 3 rings (SSSR count). The zero-order valence-corrected chi connectivity index (χ0v) is 10.8. The average molecular weight is 285 g/mol. The van der Waals surface area contributed by atoms with E-state index in [2.05, 4.69) is 33.8 Å². The fourth-order valence-corrected chi connectivity index (χ4v) is 2.46. The Morgan fingerprint density at radius 1 is 0.824 bits per heavy atom. The van der Waals surface area contributed by atoms with Crippen LogP contribution in [0.15, 0.2) is 65.1 Å². The minimum absolute atomic E-state index is 0.835. The summed E-state index contributed by atoms with van der Waals surface area (Å²) in [6.07, 6.45) is 0. The Kier molecular flexibility index (Phi) is 2.68. The third-order valence-electron chi connectivity index (χ3n) is 2.73. The van der Waals surface area contributed by atoms with Crippen molar-refractivity contribution in [1.29, 1.82) is 0 Å². The van der Waals surface area contributed by atoms with E-state index in [9.17, 15) is 0 Å². The zero-order chi connectivity index (χ0) is 11.7. The Labute approximate surface area is 107 Å². The molecule has 1 nitrogen and oxygen atoms in total. The van der Waals surface area contributed by atoms with Crippen LogP contribution >= 0.6 is 0 Å². The molecule has 3 aromatic rings. The van der Waals surface area contributed by atoms with Crippen molar-refractivity contribution in [2.24, 2.45) is 0 Å². The predicted molar refractivity (Wildman–Crippen MR) is 70.6 cm³/mol. The van der Waals surface area contributed by atoms with E-state index in [0.717, 1.165) is 21.0 Å². The predicted octanol–water partition coefficient (Wildman–Crippen LogP) is 3.80. The normalized spacial score (nSPS) is 10.6. The summed E-state index contributed by atoms with van der Waals surface area (Å²) in [5.74, 6) is 0.887. The van der Waals surface area contributed by atoms with Gasteiger partial charge in [0.05, 0.1) is 0 Å². The van der Waals surface area contributed by atoms with Crippen LogP contribution in [0.4, 0.5) is 0 Å². The van der Waals surface area contributed by atoms with Gasteiger partial charge in [0, 0.05) is 0 Å². The molecule has 0 N–H and O–H groups in total. The Morgan fingerprint density at radius 2 is 1.53 bits per heavy atom. The molecular formula is C15H10OSe. The van der Waals surface area contributed by atoms with Crippen LogP contribution in [0, 0.1) is 4.26 Å². The van der Waals surface area contributed by atoms with E-state index in [1.165, 1.54) is 5.39 Å². The van der Waals surface area contributed by atoms with E-state index in [0.29, 0.717) is 0 Å². The summed E-state index contributed by atoms with van der Waals surface area (Å²) in [6.45, 7) is 0. The molecule has 82 valence electrons. The first kappa shape index (κ1) is 10.5. The molecule has 0 spiro atoms. The van der Waals surface area contributed by atoms with Crippen LogP contribution in [-0.2, 0) is 0 Å². The molecule has 0 unspecified atom stereocenters. The van der Waals surface area contributed by atoms with Crippen molar-refractivity contribution in [1.82, 2.24) is 0 Å². The van der Waals surface area contributed by atoms with Crippen molar-refractivity contribution < 1.29 is 4.42 Å². The second-order valence-electron chi connectivity index (χ2n) is 3.85. The van der Waals surface area contributed by atoms with Gasteiger partial charge in [-0.25, -0.2) is 0 Å². The van der Waals surface area contributed by atoms with Gasteiger partial charge in [0.15, 0.2) is 0 Å². The van der Waals surface area contributed by atoms with Gasteiger partial charge in [0.2, 0.25) is 0 Å². The molecule has 1 heterocycles. The zero-order valence-electron chi connectivity index (χ0n) is 9.09. The number of rotatable bonds is 1. The molecule has 2 aromatic carbocycles. The van der Waals surface area contributed by atoms with Gasteiger partial charge in [-0.05, 0) is 0 Å². The average Bonchev–Trinajstić information content (AvgIpc) is 2.40. The van der Waals surface area contributed by atoms with Crippen molar-refractivity contribution >= 4 is 26.3 Å². The van der Waals surface area contributed by atoms with Gasteiger partial charge >= 0.3 is 107 Å². The molecule has 0 fully saturated rings. The van der Waals surface area contributed by atoms with Gasteiger partial charge in [0.25, 0.3) is 0 Å². The van der Waals surface area contributed by atoms with E-state index in [4.69, 9.17) is 4.42 Å². The van der Waals surface area contributed by atoms with Crippen molar-refractivity contribution in [3.05, 3.63) is 64.9 Å². The summed E-state index contributed by atoms with van der Waals surface area (Å²) in [7, 11) is 0. The van der Waals surface area contributed by atoms with Crippen LogP contribution in [0.25, 0.3) is 22.1 Å².